The van der Waals surface area contributed by atoms with Gasteiger partial charge in [0, 0.05) is 11.3 Å². The zero-order valence-electron chi connectivity index (χ0n) is 9.62. The molecule has 0 saturated heterocycles. The van der Waals surface area contributed by atoms with Gasteiger partial charge in [-0.2, -0.15) is 16.7 Å². The quantitative estimate of drug-likeness (QED) is 0.859. The standard InChI is InChI=1S/C11H15ClFN3S/c1-17-8-4-2-7(3-5-8)15-10-9(13)6-14-11(12)16-10/h6-8H,2-5H2,1H3,(H,14,15,16). The Labute approximate surface area is 110 Å². The Hall–Kier alpha value is -0.550. The summed E-state index contributed by atoms with van der Waals surface area (Å²) in [7, 11) is 0. The molecule has 1 saturated carbocycles. The Balaban J connectivity index is 1.95. The summed E-state index contributed by atoms with van der Waals surface area (Å²) in [5.74, 6) is -0.223. The molecule has 1 aromatic rings. The zero-order chi connectivity index (χ0) is 12.3. The van der Waals surface area contributed by atoms with E-state index in [9.17, 15) is 4.39 Å². The van der Waals surface area contributed by atoms with Crippen molar-refractivity contribution < 1.29 is 4.39 Å². The van der Waals surface area contributed by atoms with Gasteiger partial charge >= 0.3 is 0 Å². The summed E-state index contributed by atoms with van der Waals surface area (Å²) in [5.41, 5.74) is 0. The van der Waals surface area contributed by atoms with Gasteiger partial charge in [0.25, 0.3) is 0 Å². The molecule has 1 fully saturated rings. The van der Waals surface area contributed by atoms with Crippen molar-refractivity contribution in [2.75, 3.05) is 11.6 Å². The lowest BCUT2D eigenvalue weighted by Crippen LogP contribution is -2.27. The second kappa shape index (κ2) is 5.87. The van der Waals surface area contributed by atoms with E-state index >= 15 is 0 Å². The van der Waals surface area contributed by atoms with Gasteiger partial charge in [0.1, 0.15) is 0 Å². The van der Waals surface area contributed by atoms with Gasteiger partial charge in [0.2, 0.25) is 5.28 Å². The smallest absolute Gasteiger partial charge is 0.224 e. The Kier molecular flexibility index (Phi) is 4.45. The molecule has 1 N–H and O–H groups in total. The van der Waals surface area contributed by atoms with E-state index in [2.05, 4.69) is 21.5 Å². The molecule has 0 spiro atoms. The Morgan fingerprint density at radius 2 is 2.12 bits per heavy atom. The molecule has 0 bridgehead atoms. The molecule has 1 aliphatic carbocycles. The van der Waals surface area contributed by atoms with Crippen molar-refractivity contribution in [1.82, 2.24) is 9.97 Å². The predicted octanol–water partition coefficient (Wildman–Crippen LogP) is 3.36. The SMILES string of the molecule is CSC1CCC(Nc2nc(Cl)ncc2F)CC1. The first kappa shape index (κ1) is 12.9. The molecule has 0 amide bonds. The van der Waals surface area contributed by atoms with Crippen molar-refractivity contribution in [1.29, 1.82) is 0 Å². The van der Waals surface area contributed by atoms with Gasteiger partial charge in [0.05, 0.1) is 6.20 Å². The molecular weight excluding hydrogens is 261 g/mol. The molecule has 0 aliphatic heterocycles. The van der Waals surface area contributed by atoms with Crippen molar-refractivity contribution in [2.24, 2.45) is 0 Å². The van der Waals surface area contributed by atoms with E-state index in [1.807, 2.05) is 11.8 Å². The Morgan fingerprint density at radius 3 is 2.76 bits per heavy atom. The first-order valence-electron chi connectivity index (χ1n) is 5.66. The molecule has 0 atom stereocenters. The van der Waals surface area contributed by atoms with E-state index in [0.29, 0.717) is 6.04 Å². The van der Waals surface area contributed by atoms with Crippen LogP contribution in [0, 0.1) is 5.82 Å². The normalized spacial score (nSPS) is 24.6. The second-order valence-electron chi connectivity index (χ2n) is 4.19. The number of nitrogens with zero attached hydrogens (tertiary/aromatic N) is 2. The fourth-order valence-electron chi connectivity index (χ4n) is 2.08. The van der Waals surface area contributed by atoms with Crippen LogP contribution in [-0.2, 0) is 0 Å². The number of nitrogens with one attached hydrogen (secondary N) is 1. The van der Waals surface area contributed by atoms with E-state index < -0.39 is 5.82 Å². The molecule has 2 rings (SSSR count). The molecule has 0 radical (unpaired) electrons. The molecule has 17 heavy (non-hydrogen) atoms. The maximum atomic E-state index is 13.4. The molecule has 0 unspecified atom stereocenters. The van der Waals surface area contributed by atoms with Crippen molar-refractivity contribution in [3.05, 3.63) is 17.3 Å². The third-order valence-corrected chi connectivity index (χ3v) is 4.38. The van der Waals surface area contributed by atoms with Gasteiger partial charge in [0.15, 0.2) is 11.6 Å². The van der Waals surface area contributed by atoms with E-state index in [1.165, 1.54) is 12.8 Å². The summed E-state index contributed by atoms with van der Waals surface area (Å²) < 4.78 is 13.4. The maximum Gasteiger partial charge on any atom is 0.224 e. The Morgan fingerprint density at radius 1 is 1.41 bits per heavy atom. The molecule has 94 valence electrons. The van der Waals surface area contributed by atoms with Crippen LogP contribution in [0.25, 0.3) is 0 Å². The first-order valence-corrected chi connectivity index (χ1v) is 7.33. The zero-order valence-corrected chi connectivity index (χ0v) is 11.2. The Bertz CT molecular complexity index is 383. The number of hydrogen-bond donors (Lipinski definition) is 1. The van der Waals surface area contributed by atoms with Gasteiger partial charge < -0.3 is 5.32 Å². The predicted molar refractivity (Wildman–Crippen MR) is 70.2 cm³/mol. The van der Waals surface area contributed by atoms with Crippen molar-refractivity contribution in [3.8, 4) is 0 Å². The molecule has 1 aliphatic rings. The summed E-state index contributed by atoms with van der Waals surface area (Å²) in [6.45, 7) is 0. The van der Waals surface area contributed by atoms with Crippen LogP contribution >= 0.6 is 23.4 Å². The summed E-state index contributed by atoms with van der Waals surface area (Å²) in [5, 5.41) is 3.93. The minimum atomic E-state index is -0.443. The highest BCUT2D eigenvalue weighted by molar-refractivity contribution is 7.99. The lowest BCUT2D eigenvalue weighted by atomic mass is 9.95. The lowest BCUT2D eigenvalue weighted by molar-refractivity contribution is 0.469. The minimum absolute atomic E-state index is 0.0756. The number of hydrogen-bond acceptors (Lipinski definition) is 4. The molecule has 1 aromatic heterocycles. The van der Waals surface area contributed by atoms with E-state index in [4.69, 9.17) is 11.6 Å². The second-order valence-corrected chi connectivity index (χ2v) is 5.67. The van der Waals surface area contributed by atoms with E-state index in [1.54, 1.807) is 0 Å². The van der Waals surface area contributed by atoms with Crippen LogP contribution in [0.15, 0.2) is 6.20 Å². The highest BCUT2D eigenvalue weighted by Crippen LogP contribution is 2.28. The van der Waals surface area contributed by atoms with E-state index in [0.717, 1.165) is 24.3 Å². The molecule has 1 heterocycles. The number of halogens is 2. The third kappa shape index (κ3) is 3.45. The average molecular weight is 276 g/mol. The molecule has 6 heteroatoms. The first-order chi connectivity index (χ1) is 8.19. The van der Waals surface area contributed by atoms with Crippen LogP contribution < -0.4 is 5.32 Å². The van der Waals surface area contributed by atoms with Gasteiger partial charge in [-0.05, 0) is 43.5 Å². The fourth-order valence-corrected chi connectivity index (χ4v) is 2.96. The van der Waals surface area contributed by atoms with Crippen LogP contribution in [0.2, 0.25) is 5.28 Å². The van der Waals surface area contributed by atoms with Gasteiger partial charge in [-0.25, -0.2) is 9.37 Å². The van der Waals surface area contributed by atoms with Crippen LogP contribution in [0.5, 0.6) is 0 Å². The van der Waals surface area contributed by atoms with Gasteiger partial charge in [-0.3, -0.25) is 0 Å². The van der Waals surface area contributed by atoms with Crippen LogP contribution in [0.4, 0.5) is 10.2 Å². The van der Waals surface area contributed by atoms with Gasteiger partial charge in [-0.15, -0.1) is 0 Å². The summed E-state index contributed by atoms with van der Waals surface area (Å²) >= 11 is 7.56. The number of rotatable bonds is 3. The largest absolute Gasteiger partial charge is 0.365 e. The van der Waals surface area contributed by atoms with Crippen LogP contribution in [0.3, 0.4) is 0 Å². The van der Waals surface area contributed by atoms with Crippen molar-refractivity contribution in [2.45, 2.75) is 37.0 Å². The number of aromatic nitrogens is 2. The molecule has 0 aromatic carbocycles. The van der Waals surface area contributed by atoms with Gasteiger partial charge in [-0.1, -0.05) is 0 Å². The lowest BCUT2D eigenvalue weighted by Gasteiger charge is -2.28. The van der Waals surface area contributed by atoms with Crippen molar-refractivity contribution >= 4 is 29.2 Å². The van der Waals surface area contributed by atoms with E-state index in [-0.39, 0.29) is 11.1 Å². The minimum Gasteiger partial charge on any atom is -0.365 e. The summed E-state index contributed by atoms with van der Waals surface area (Å²) in [4.78, 5) is 7.46. The van der Waals surface area contributed by atoms with Crippen LogP contribution in [0.1, 0.15) is 25.7 Å². The summed E-state index contributed by atoms with van der Waals surface area (Å²) in [6.07, 6.45) is 7.67. The monoisotopic (exact) mass is 275 g/mol. The number of thioether (sulfide) groups is 1. The summed E-state index contributed by atoms with van der Waals surface area (Å²) in [6, 6.07) is 0.291. The average Bonchev–Trinajstić information content (AvgIpc) is 2.35. The fraction of sp³-hybridized carbons (Fsp3) is 0.636. The third-order valence-electron chi connectivity index (χ3n) is 3.06. The number of anilines is 1. The van der Waals surface area contributed by atoms with Crippen LogP contribution in [-0.4, -0.2) is 27.5 Å². The topological polar surface area (TPSA) is 37.8 Å². The highest BCUT2D eigenvalue weighted by atomic mass is 35.5. The molecule has 3 nitrogen and oxygen atoms in total. The maximum absolute atomic E-state index is 13.4. The van der Waals surface area contributed by atoms with Crippen molar-refractivity contribution in [3.63, 3.8) is 0 Å². The molecular formula is C11H15ClFN3S. The highest BCUT2D eigenvalue weighted by Gasteiger charge is 2.21.